The molecule has 0 radical (unpaired) electrons. The first-order valence-corrected chi connectivity index (χ1v) is 10.5. The number of hydrogen-bond acceptors (Lipinski definition) is 5. The standard InChI is InChI=1S/C17H18FN3O4S2/c18-14-4-1-3-13(11-14)17(23)19-12-15(22)20-6-8-21(9-7-20)27(24,25)16-5-2-10-26-16/h1-5,10-11H,6-9,12H2,(H,19,23). The Kier molecular flexibility index (Phi) is 5.88. The minimum Gasteiger partial charge on any atom is -0.343 e. The lowest BCUT2D eigenvalue weighted by Gasteiger charge is -2.33. The number of sulfonamides is 1. The zero-order valence-corrected chi connectivity index (χ0v) is 15.9. The van der Waals surface area contributed by atoms with Crippen molar-refractivity contribution in [2.75, 3.05) is 32.7 Å². The van der Waals surface area contributed by atoms with Crippen LogP contribution in [0.3, 0.4) is 0 Å². The molecule has 0 atom stereocenters. The van der Waals surface area contributed by atoms with E-state index in [1.807, 2.05) is 0 Å². The number of benzene rings is 1. The molecule has 3 rings (SSSR count). The molecule has 2 aromatic rings. The predicted octanol–water partition coefficient (Wildman–Crippen LogP) is 1.15. The third-order valence-corrected chi connectivity index (χ3v) is 7.44. The molecule has 0 saturated carbocycles. The van der Waals surface area contributed by atoms with Crippen molar-refractivity contribution in [2.24, 2.45) is 0 Å². The second-order valence-electron chi connectivity index (χ2n) is 5.91. The molecule has 27 heavy (non-hydrogen) atoms. The predicted molar refractivity (Wildman–Crippen MR) is 98.4 cm³/mol. The summed E-state index contributed by atoms with van der Waals surface area (Å²) in [5, 5.41) is 4.16. The third kappa shape index (κ3) is 4.52. The topological polar surface area (TPSA) is 86.8 Å². The monoisotopic (exact) mass is 411 g/mol. The van der Waals surface area contributed by atoms with Crippen LogP contribution in [0.5, 0.6) is 0 Å². The van der Waals surface area contributed by atoms with Gasteiger partial charge in [0.25, 0.3) is 15.9 Å². The molecule has 7 nitrogen and oxygen atoms in total. The summed E-state index contributed by atoms with van der Waals surface area (Å²) in [6.07, 6.45) is 0. The molecular formula is C17H18FN3O4S2. The quantitative estimate of drug-likeness (QED) is 0.800. The first-order valence-electron chi connectivity index (χ1n) is 8.23. The van der Waals surface area contributed by atoms with E-state index in [2.05, 4.69) is 5.32 Å². The number of rotatable bonds is 5. The molecule has 0 spiro atoms. The summed E-state index contributed by atoms with van der Waals surface area (Å²) in [7, 11) is -3.53. The Bertz CT molecular complexity index is 923. The summed E-state index contributed by atoms with van der Waals surface area (Å²) in [5.41, 5.74) is 0.134. The van der Waals surface area contributed by atoms with Crippen LogP contribution < -0.4 is 5.32 Å². The molecule has 0 aliphatic carbocycles. The minimum atomic E-state index is -3.53. The number of nitrogens with zero attached hydrogens (tertiary/aromatic N) is 2. The minimum absolute atomic E-state index is 0.134. The van der Waals surface area contributed by atoms with Crippen LogP contribution >= 0.6 is 11.3 Å². The van der Waals surface area contributed by atoms with Crippen LogP contribution in [0, 0.1) is 5.82 Å². The van der Waals surface area contributed by atoms with Crippen LogP contribution in [0.4, 0.5) is 4.39 Å². The lowest BCUT2D eigenvalue weighted by molar-refractivity contribution is -0.131. The average Bonchev–Trinajstić information content (AvgIpc) is 3.21. The Morgan fingerprint density at radius 1 is 1.11 bits per heavy atom. The molecule has 2 heterocycles. The fraction of sp³-hybridized carbons (Fsp3) is 0.294. The van der Waals surface area contributed by atoms with Crippen molar-refractivity contribution in [2.45, 2.75) is 4.21 Å². The summed E-state index contributed by atoms with van der Waals surface area (Å²) < 4.78 is 39.7. The second kappa shape index (κ2) is 8.15. The van der Waals surface area contributed by atoms with Gasteiger partial charge in [-0.1, -0.05) is 12.1 Å². The van der Waals surface area contributed by atoms with E-state index in [0.717, 1.165) is 17.4 Å². The van der Waals surface area contributed by atoms with Crippen LogP contribution in [-0.4, -0.2) is 62.2 Å². The number of carbonyl (C=O) groups excluding carboxylic acids is 2. The van der Waals surface area contributed by atoms with Gasteiger partial charge in [0.05, 0.1) is 6.54 Å². The maximum atomic E-state index is 13.1. The number of carbonyl (C=O) groups is 2. The summed E-state index contributed by atoms with van der Waals surface area (Å²) >= 11 is 1.16. The molecule has 1 aromatic carbocycles. The highest BCUT2D eigenvalue weighted by Crippen LogP contribution is 2.22. The molecular weight excluding hydrogens is 393 g/mol. The molecule has 2 amide bonds. The Hall–Kier alpha value is -2.30. The van der Waals surface area contributed by atoms with Gasteiger partial charge in [-0.15, -0.1) is 11.3 Å². The lowest BCUT2D eigenvalue weighted by Crippen LogP contribution is -2.52. The van der Waals surface area contributed by atoms with Crippen LogP contribution in [0.1, 0.15) is 10.4 Å². The number of halogens is 1. The molecule has 1 saturated heterocycles. The summed E-state index contributed by atoms with van der Waals surface area (Å²) in [6, 6.07) is 8.42. The van der Waals surface area contributed by atoms with E-state index in [1.165, 1.54) is 27.4 Å². The van der Waals surface area contributed by atoms with Gasteiger partial charge in [-0.05, 0) is 29.6 Å². The zero-order chi connectivity index (χ0) is 19.4. The van der Waals surface area contributed by atoms with Gasteiger partial charge in [0.2, 0.25) is 5.91 Å². The molecule has 1 aliphatic rings. The molecule has 1 aliphatic heterocycles. The number of nitrogens with one attached hydrogen (secondary N) is 1. The van der Waals surface area contributed by atoms with Gasteiger partial charge in [-0.2, -0.15) is 4.31 Å². The van der Waals surface area contributed by atoms with Crippen LogP contribution in [0.15, 0.2) is 46.0 Å². The fourth-order valence-corrected chi connectivity index (χ4v) is 5.28. The van der Waals surface area contributed by atoms with E-state index < -0.39 is 21.7 Å². The molecule has 1 fully saturated rings. The lowest BCUT2D eigenvalue weighted by atomic mass is 10.2. The van der Waals surface area contributed by atoms with Gasteiger partial charge in [0, 0.05) is 31.7 Å². The maximum absolute atomic E-state index is 13.1. The highest BCUT2D eigenvalue weighted by atomic mass is 32.2. The Morgan fingerprint density at radius 3 is 2.48 bits per heavy atom. The number of amides is 2. The molecule has 1 aromatic heterocycles. The van der Waals surface area contributed by atoms with Crippen molar-refractivity contribution in [3.63, 3.8) is 0 Å². The second-order valence-corrected chi connectivity index (χ2v) is 9.02. The summed E-state index contributed by atoms with van der Waals surface area (Å²) in [5.74, 6) is -1.38. The van der Waals surface area contributed by atoms with E-state index >= 15 is 0 Å². The van der Waals surface area contributed by atoms with E-state index in [4.69, 9.17) is 0 Å². The molecule has 0 bridgehead atoms. The normalized spacial score (nSPS) is 15.5. The first-order chi connectivity index (χ1) is 12.9. The van der Waals surface area contributed by atoms with Crippen LogP contribution in [0.2, 0.25) is 0 Å². The van der Waals surface area contributed by atoms with Crippen LogP contribution in [-0.2, 0) is 14.8 Å². The average molecular weight is 411 g/mol. The molecule has 0 unspecified atom stereocenters. The third-order valence-electron chi connectivity index (χ3n) is 4.17. The van der Waals surface area contributed by atoms with Crippen molar-refractivity contribution in [3.05, 3.63) is 53.2 Å². The summed E-state index contributed by atoms with van der Waals surface area (Å²) in [4.78, 5) is 25.7. The van der Waals surface area contributed by atoms with Crippen molar-refractivity contribution >= 4 is 33.2 Å². The fourth-order valence-electron chi connectivity index (χ4n) is 2.71. The van der Waals surface area contributed by atoms with E-state index in [1.54, 1.807) is 17.5 Å². The largest absolute Gasteiger partial charge is 0.343 e. The molecule has 10 heteroatoms. The maximum Gasteiger partial charge on any atom is 0.252 e. The van der Waals surface area contributed by atoms with Gasteiger partial charge < -0.3 is 10.2 Å². The van der Waals surface area contributed by atoms with Crippen molar-refractivity contribution in [1.29, 1.82) is 0 Å². The number of thiophene rings is 1. The van der Waals surface area contributed by atoms with E-state index in [0.29, 0.717) is 0 Å². The molecule has 144 valence electrons. The number of hydrogen-bond donors (Lipinski definition) is 1. The Labute approximate surface area is 160 Å². The Balaban J connectivity index is 1.51. The van der Waals surface area contributed by atoms with Gasteiger partial charge in [-0.25, -0.2) is 12.8 Å². The number of piperazine rings is 1. The van der Waals surface area contributed by atoms with E-state index in [9.17, 15) is 22.4 Å². The van der Waals surface area contributed by atoms with Gasteiger partial charge >= 0.3 is 0 Å². The summed E-state index contributed by atoms with van der Waals surface area (Å²) in [6.45, 7) is 0.666. The highest BCUT2D eigenvalue weighted by Gasteiger charge is 2.30. The SMILES string of the molecule is O=C(NCC(=O)N1CCN(S(=O)(=O)c2cccs2)CC1)c1cccc(F)c1. The van der Waals surface area contributed by atoms with Crippen molar-refractivity contribution in [3.8, 4) is 0 Å². The molecule has 1 N–H and O–H groups in total. The van der Waals surface area contributed by atoms with Crippen LogP contribution in [0.25, 0.3) is 0 Å². The van der Waals surface area contributed by atoms with Gasteiger partial charge in [0.1, 0.15) is 10.0 Å². The van der Waals surface area contributed by atoms with Gasteiger partial charge in [-0.3, -0.25) is 9.59 Å². The van der Waals surface area contributed by atoms with Crippen molar-refractivity contribution < 1.29 is 22.4 Å². The smallest absolute Gasteiger partial charge is 0.252 e. The zero-order valence-electron chi connectivity index (χ0n) is 14.3. The van der Waals surface area contributed by atoms with Crippen molar-refractivity contribution in [1.82, 2.24) is 14.5 Å². The van der Waals surface area contributed by atoms with E-state index in [-0.39, 0.29) is 48.4 Å². The highest BCUT2D eigenvalue weighted by molar-refractivity contribution is 7.91. The first kappa shape index (κ1) is 19.5. The van der Waals surface area contributed by atoms with Gasteiger partial charge in [0.15, 0.2) is 0 Å². The Morgan fingerprint density at radius 2 is 1.85 bits per heavy atom.